The van der Waals surface area contributed by atoms with Gasteiger partial charge < -0.3 is 10.1 Å². The number of aldehydes is 1. The van der Waals surface area contributed by atoms with E-state index in [1.54, 1.807) is 7.11 Å². The van der Waals surface area contributed by atoms with E-state index in [0.29, 0.717) is 37.0 Å². The molecule has 0 saturated heterocycles. The van der Waals surface area contributed by atoms with Crippen molar-refractivity contribution in [2.45, 2.75) is 31.9 Å². The number of benzene rings is 1. The quantitative estimate of drug-likeness (QED) is 0.529. The highest BCUT2D eigenvalue weighted by atomic mass is 19.4. The Kier molecular flexibility index (Phi) is 6.89. The van der Waals surface area contributed by atoms with Crippen LogP contribution < -0.4 is 10.1 Å². The third-order valence-electron chi connectivity index (χ3n) is 4.70. The molecule has 0 radical (unpaired) electrons. The zero-order chi connectivity index (χ0) is 19.2. The van der Waals surface area contributed by atoms with Crippen molar-refractivity contribution in [1.82, 2.24) is 0 Å². The summed E-state index contributed by atoms with van der Waals surface area (Å²) < 4.78 is 43.6. The van der Waals surface area contributed by atoms with Crippen LogP contribution in [0.1, 0.15) is 31.2 Å². The number of rotatable bonds is 7. The van der Waals surface area contributed by atoms with Gasteiger partial charge in [-0.25, -0.2) is 0 Å². The maximum Gasteiger partial charge on any atom is 0.391 e. The maximum atomic E-state index is 12.7. The zero-order valence-corrected chi connectivity index (χ0v) is 14.8. The van der Waals surface area contributed by atoms with E-state index < -0.39 is 12.1 Å². The number of nitrogens with one attached hydrogen (secondary N) is 1. The summed E-state index contributed by atoms with van der Waals surface area (Å²) in [7, 11) is 1.57. The molecule has 142 valence electrons. The maximum absolute atomic E-state index is 12.7. The van der Waals surface area contributed by atoms with E-state index in [4.69, 9.17) is 4.74 Å². The number of hydrogen-bond donors (Lipinski definition) is 1. The molecule has 26 heavy (non-hydrogen) atoms. The molecule has 6 heteroatoms. The second-order valence-electron chi connectivity index (χ2n) is 6.60. The Balaban J connectivity index is 2.02. The van der Waals surface area contributed by atoms with Crippen molar-refractivity contribution >= 4 is 18.0 Å². The van der Waals surface area contributed by atoms with Crippen LogP contribution in [0, 0.1) is 11.8 Å². The second-order valence-corrected chi connectivity index (χ2v) is 6.60. The lowest BCUT2D eigenvalue weighted by Crippen LogP contribution is -2.27. The molecular weight excluding hydrogens is 343 g/mol. The van der Waals surface area contributed by atoms with Gasteiger partial charge in [-0.05, 0) is 49.8 Å². The van der Waals surface area contributed by atoms with Crippen molar-refractivity contribution in [3.63, 3.8) is 0 Å². The van der Waals surface area contributed by atoms with E-state index in [9.17, 15) is 18.0 Å². The monoisotopic (exact) mass is 367 g/mol. The predicted molar refractivity (Wildman–Crippen MR) is 97.2 cm³/mol. The van der Waals surface area contributed by atoms with Crippen LogP contribution >= 0.6 is 0 Å². The summed E-state index contributed by atoms with van der Waals surface area (Å²) >= 11 is 0. The van der Waals surface area contributed by atoms with Crippen LogP contribution in [0.4, 0.5) is 18.9 Å². The van der Waals surface area contributed by atoms with Crippen LogP contribution in [0.25, 0.3) is 6.08 Å². The highest BCUT2D eigenvalue weighted by Gasteiger charge is 2.40. The highest BCUT2D eigenvalue weighted by Crippen LogP contribution is 2.40. The molecule has 0 heterocycles. The lowest BCUT2D eigenvalue weighted by Gasteiger charge is -2.28. The molecule has 0 spiro atoms. The van der Waals surface area contributed by atoms with Crippen LogP contribution in [0.2, 0.25) is 0 Å². The first-order valence-corrected chi connectivity index (χ1v) is 8.63. The average molecular weight is 367 g/mol. The summed E-state index contributed by atoms with van der Waals surface area (Å²) in [5, 5.41) is 3.10. The van der Waals surface area contributed by atoms with Gasteiger partial charge in [-0.3, -0.25) is 4.79 Å². The summed E-state index contributed by atoms with van der Waals surface area (Å²) in [6, 6.07) is 5.53. The fourth-order valence-electron chi connectivity index (χ4n) is 3.11. The highest BCUT2D eigenvalue weighted by molar-refractivity contribution is 5.74. The summed E-state index contributed by atoms with van der Waals surface area (Å²) in [5.74, 6) is -0.338. The number of hydrogen-bond acceptors (Lipinski definition) is 3. The van der Waals surface area contributed by atoms with E-state index in [1.807, 2.05) is 30.4 Å². The first-order valence-electron chi connectivity index (χ1n) is 8.63. The Morgan fingerprint density at radius 2 is 2.00 bits per heavy atom. The molecular formula is C20H24F3NO2. The SMILES string of the molecule is C=C(C=O)CNc1ccc(OC)c(/C=C/C2CCC(C(F)(F)F)CC2)c1. The lowest BCUT2D eigenvalue weighted by molar-refractivity contribution is -0.183. The van der Waals surface area contributed by atoms with Crippen molar-refractivity contribution in [1.29, 1.82) is 0 Å². The number of carbonyl (C=O) groups is 1. The molecule has 1 saturated carbocycles. The van der Waals surface area contributed by atoms with Gasteiger partial charge in [0.1, 0.15) is 12.0 Å². The van der Waals surface area contributed by atoms with Gasteiger partial charge in [0.05, 0.1) is 13.0 Å². The van der Waals surface area contributed by atoms with Crippen LogP contribution in [-0.4, -0.2) is 26.1 Å². The number of anilines is 1. The lowest BCUT2D eigenvalue weighted by atomic mass is 9.81. The van der Waals surface area contributed by atoms with Crippen LogP contribution in [-0.2, 0) is 4.79 Å². The minimum Gasteiger partial charge on any atom is -0.496 e. The minimum atomic E-state index is -4.08. The first kappa shape index (κ1) is 20.1. The van der Waals surface area contributed by atoms with Gasteiger partial charge in [0.15, 0.2) is 0 Å². The van der Waals surface area contributed by atoms with Gasteiger partial charge in [0.25, 0.3) is 0 Å². The molecule has 1 aliphatic rings. The Bertz CT molecular complexity index is 660. The van der Waals surface area contributed by atoms with Gasteiger partial charge in [-0.2, -0.15) is 13.2 Å². The number of allylic oxidation sites excluding steroid dienone is 1. The summed E-state index contributed by atoms with van der Waals surface area (Å²) in [6.45, 7) is 3.96. The molecule has 0 amide bonds. The molecule has 1 fully saturated rings. The number of alkyl halides is 3. The standard InChI is InChI=1S/C20H24F3NO2/c1-14(13-25)12-24-18-9-10-19(26-2)16(11-18)6-3-15-4-7-17(8-5-15)20(21,22)23/h3,6,9-11,13,15,17,24H,1,4-5,7-8,12H2,2H3/b6-3+. The summed E-state index contributed by atoms with van der Waals surface area (Å²) in [5.41, 5.74) is 2.10. The number of methoxy groups -OCH3 is 1. The third-order valence-corrected chi connectivity index (χ3v) is 4.70. The Morgan fingerprint density at radius 1 is 1.31 bits per heavy atom. The number of carbonyl (C=O) groups excluding carboxylic acids is 1. The van der Waals surface area contributed by atoms with E-state index in [0.717, 1.165) is 11.3 Å². The van der Waals surface area contributed by atoms with Crippen molar-refractivity contribution in [2.24, 2.45) is 11.8 Å². The van der Waals surface area contributed by atoms with E-state index >= 15 is 0 Å². The molecule has 1 aromatic carbocycles. The van der Waals surface area contributed by atoms with Crippen molar-refractivity contribution < 1.29 is 22.7 Å². The third kappa shape index (κ3) is 5.64. The number of halogens is 3. The molecule has 3 nitrogen and oxygen atoms in total. The summed E-state index contributed by atoms with van der Waals surface area (Å²) in [4.78, 5) is 10.6. The zero-order valence-electron chi connectivity index (χ0n) is 14.8. The van der Waals surface area contributed by atoms with Crippen LogP contribution in [0.15, 0.2) is 36.4 Å². The van der Waals surface area contributed by atoms with E-state index in [1.165, 1.54) is 0 Å². The molecule has 0 aliphatic heterocycles. The topological polar surface area (TPSA) is 38.3 Å². The van der Waals surface area contributed by atoms with Crippen molar-refractivity contribution in [3.05, 3.63) is 42.0 Å². The Labute approximate surface area is 151 Å². The van der Waals surface area contributed by atoms with E-state index in [-0.39, 0.29) is 18.8 Å². The molecule has 1 N–H and O–H groups in total. The predicted octanol–water partition coefficient (Wildman–Crippen LogP) is 5.24. The molecule has 1 aliphatic carbocycles. The Morgan fingerprint density at radius 3 is 2.58 bits per heavy atom. The minimum absolute atomic E-state index is 0.143. The van der Waals surface area contributed by atoms with E-state index in [2.05, 4.69) is 11.9 Å². The molecule has 0 unspecified atom stereocenters. The second kappa shape index (κ2) is 8.92. The smallest absolute Gasteiger partial charge is 0.391 e. The van der Waals surface area contributed by atoms with Crippen LogP contribution in [0.5, 0.6) is 5.75 Å². The van der Waals surface area contributed by atoms with Gasteiger partial charge in [0, 0.05) is 23.4 Å². The van der Waals surface area contributed by atoms with Crippen LogP contribution in [0.3, 0.4) is 0 Å². The van der Waals surface area contributed by atoms with Gasteiger partial charge in [-0.15, -0.1) is 0 Å². The Hall–Kier alpha value is -2.24. The average Bonchev–Trinajstić information content (AvgIpc) is 2.64. The number of ether oxygens (including phenoxy) is 1. The molecule has 0 aromatic heterocycles. The molecule has 0 atom stereocenters. The molecule has 2 rings (SSSR count). The van der Waals surface area contributed by atoms with Gasteiger partial charge >= 0.3 is 6.18 Å². The van der Waals surface area contributed by atoms with Gasteiger partial charge in [-0.1, -0.05) is 18.7 Å². The fraction of sp³-hybridized carbons (Fsp3) is 0.450. The largest absolute Gasteiger partial charge is 0.496 e. The first-order chi connectivity index (χ1) is 12.3. The normalized spacial score (nSPS) is 20.8. The molecule has 1 aromatic rings. The van der Waals surface area contributed by atoms with Gasteiger partial charge in [0.2, 0.25) is 0 Å². The summed E-state index contributed by atoms with van der Waals surface area (Å²) in [6.07, 6.45) is 1.95. The fourth-order valence-corrected chi connectivity index (χ4v) is 3.11. The molecule has 0 bridgehead atoms. The van der Waals surface area contributed by atoms with Crippen molar-refractivity contribution in [2.75, 3.05) is 19.0 Å². The van der Waals surface area contributed by atoms with Crippen molar-refractivity contribution in [3.8, 4) is 5.75 Å².